The molecule has 7 nitrogen and oxygen atoms in total. The minimum Gasteiger partial charge on any atom is -0.348 e. The zero-order valence-corrected chi connectivity index (χ0v) is 18.6. The lowest BCUT2D eigenvalue weighted by molar-refractivity contribution is 0.0949. The van der Waals surface area contributed by atoms with Crippen LogP contribution < -0.4 is 10.2 Å². The molecule has 1 aromatic carbocycles. The highest BCUT2D eigenvalue weighted by Crippen LogP contribution is 2.27. The van der Waals surface area contributed by atoms with E-state index in [2.05, 4.69) is 30.2 Å². The van der Waals surface area contributed by atoms with Crippen LogP contribution in [-0.4, -0.2) is 38.9 Å². The second-order valence-electron chi connectivity index (χ2n) is 8.27. The first-order valence-corrected chi connectivity index (χ1v) is 10.8. The molecule has 1 aliphatic heterocycles. The van der Waals surface area contributed by atoms with E-state index in [1.807, 2.05) is 26.8 Å². The molecule has 1 saturated heterocycles. The summed E-state index contributed by atoms with van der Waals surface area (Å²) in [5.74, 6) is 1.10. The summed E-state index contributed by atoms with van der Waals surface area (Å²) < 4.78 is 13.0. The van der Waals surface area contributed by atoms with Crippen molar-refractivity contribution in [2.45, 2.75) is 46.1 Å². The average Bonchev–Trinajstić information content (AvgIpc) is 2.78. The zero-order chi connectivity index (χ0) is 22.7. The summed E-state index contributed by atoms with van der Waals surface area (Å²) in [6.07, 6.45) is 3.59. The molecule has 0 saturated carbocycles. The molecular weight excluding hydrogens is 407 g/mol. The van der Waals surface area contributed by atoms with Gasteiger partial charge in [0.15, 0.2) is 0 Å². The second-order valence-corrected chi connectivity index (χ2v) is 8.27. The number of halogens is 1. The van der Waals surface area contributed by atoms with E-state index in [9.17, 15) is 9.18 Å². The van der Waals surface area contributed by atoms with E-state index in [1.165, 1.54) is 12.1 Å². The predicted octanol–water partition coefficient (Wildman–Crippen LogP) is 3.64. The molecule has 1 aliphatic rings. The molecule has 0 bridgehead atoms. The van der Waals surface area contributed by atoms with Crippen molar-refractivity contribution >= 4 is 11.9 Å². The quantitative estimate of drug-likeness (QED) is 0.660. The van der Waals surface area contributed by atoms with E-state index in [-0.39, 0.29) is 17.6 Å². The van der Waals surface area contributed by atoms with Crippen LogP contribution >= 0.6 is 0 Å². The first kappa shape index (κ1) is 21.8. The monoisotopic (exact) mass is 434 g/mol. The predicted molar refractivity (Wildman–Crippen MR) is 120 cm³/mol. The van der Waals surface area contributed by atoms with Crippen LogP contribution in [0.15, 0.2) is 36.5 Å². The highest BCUT2D eigenvalue weighted by Gasteiger charge is 2.26. The number of benzene rings is 1. The number of aryl methyl sites for hydroxylation is 3. The summed E-state index contributed by atoms with van der Waals surface area (Å²) in [5.41, 5.74) is 3.83. The molecule has 0 aliphatic carbocycles. The Morgan fingerprint density at radius 3 is 2.53 bits per heavy atom. The number of aromatic nitrogens is 4. The number of piperidine rings is 1. The Labute approximate surface area is 187 Å². The number of carbonyl (C=O) groups excluding carboxylic acids is 1. The van der Waals surface area contributed by atoms with Gasteiger partial charge in [-0.15, -0.1) is 0 Å². The molecule has 3 aromatic rings. The van der Waals surface area contributed by atoms with Crippen molar-refractivity contribution in [3.8, 4) is 0 Å². The topological polar surface area (TPSA) is 83.9 Å². The molecule has 1 fully saturated rings. The third kappa shape index (κ3) is 5.07. The highest BCUT2D eigenvalue weighted by atomic mass is 19.1. The fourth-order valence-corrected chi connectivity index (χ4v) is 4.00. The molecule has 8 heteroatoms. The van der Waals surface area contributed by atoms with Crippen molar-refractivity contribution in [1.29, 1.82) is 0 Å². The smallest absolute Gasteiger partial charge is 0.254 e. The number of anilines is 1. The van der Waals surface area contributed by atoms with Crippen molar-refractivity contribution in [3.63, 3.8) is 0 Å². The molecular formula is C24H27FN6O. The van der Waals surface area contributed by atoms with Gasteiger partial charge in [0.05, 0.1) is 11.3 Å². The van der Waals surface area contributed by atoms with Gasteiger partial charge in [-0.1, -0.05) is 12.1 Å². The molecule has 3 heterocycles. The van der Waals surface area contributed by atoms with E-state index in [0.29, 0.717) is 17.8 Å². The largest absolute Gasteiger partial charge is 0.348 e. The van der Waals surface area contributed by atoms with Crippen molar-refractivity contribution in [3.05, 3.63) is 76.4 Å². The molecule has 0 spiro atoms. The van der Waals surface area contributed by atoms with E-state index in [0.717, 1.165) is 54.7 Å². The van der Waals surface area contributed by atoms with Gasteiger partial charge in [-0.05, 0) is 57.4 Å². The van der Waals surface area contributed by atoms with E-state index in [1.54, 1.807) is 18.3 Å². The Balaban J connectivity index is 1.43. The number of carbonyl (C=O) groups is 1. The normalized spacial score (nSPS) is 16.1. The van der Waals surface area contributed by atoms with Gasteiger partial charge in [-0.3, -0.25) is 4.79 Å². The summed E-state index contributed by atoms with van der Waals surface area (Å²) in [6, 6.07) is 8.02. The minimum absolute atomic E-state index is 0.156. The van der Waals surface area contributed by atoms with Crippen LogP contribution in [0.2, 0.25) is 0 Å². The molecule has 1 N–H and O–H groups in total. The Bertz CT molecular complexity index is 1100. The van der Waals surface area contributed by atoms with E-state index >= 15 is 0 Å². The van der Waals surface area contributed by atoms with Gasteiger partial charge in [-0.2, -0.15) is 0 Å². The lowest BCUT2D eigenvalue weighted by Gasteiger charge is -2.32. The molecule has 1 atom stereocenters. The van der Waals surface area contributed by atoms with E-state index in [4.69, 9.17) is 0 Å². The number of hydrogen-bond donors (Lipinski definition) is 1. The third-order valence-corrected chi connectivity index (χ3v) is 5.65. The minimum atomic E-state index is -0.301. The Morgan fingerprint density at radius 2 is 1.84 bits per heavy atom. The van der Waals surface area contributed by atoms with Gasteiger partial charge in [-0.25, -0.2) is 24.3 Å². The van der Waals surface area contributed by atoms with Gasteiger partial charge in [0, 0.05) is 43.1 Å². The Kier molecular flexibility index (Phi) is 6.39. The van der Waals surface area contributed by atoms with Gasteiger partial charge in [0.1, 0.15) is 11.6 Å². The Hall–Kier alpha value is -3.42. The first-order valence-electron chi connectivity index (χ1n) is 10.8. The van der Waals surface area contributed by atoms with Gasteiger partial charge in [0.2, 0.25) is 5.95 Å². The van der Waals surface area contributed by atoms with Crippen molar-refractivity contribution in [2.75, 3.05) is 18.0 Å². The molecule has 1 amide bonds. The summed E-state index contributed by atoms with van der Waals surface area (Å²) in [4.78, 5) is 33.2. The van der Waals surface area contributed by atoms with Gasteiger partial charge >= 0.3 is 0 Å². The van der Waals surface area contributed by atoms with Gasteiger partial charge < -0.3 is 10.2 Å². The lowest BCUT2D eigenvalue weighted by Crippen LogP contribution is -2.36. The fourth-order valence-electron chi connectivity index (χ4n) is 4.00. The number of nitrogens with zero attached hydrogens (tertiary/aromatic N) is 5. The van der Waals surface area contributed by atoms with Crippen molar-refractivity contribution in [2.24, 2.45) is 0 Å². The third-order valence-electron chi connectivity index (χ3n) is 5.65. The maximum Gasteiger partial charge on any atom is 0.254 e. The van der Waals surface area contributed by atoms with Crippen molar-refractivity contribution in [1.82, 2.24) is 25.3 Å². The molecule has 0 radical (unpaired) electrons. The fraction of sp³-hybridized carbons (Fsp3) is 0.375. The molecule has 4 rings (SSSR count). The molecule has 1 unspecified atom stereocenters. The maximum atomic E-state index is 13.0. The maximum absolute atomic E-state index is 13.0. The van der Waals surface area contributed by atoms with Crippen LogP contribution in [0.25, 0.3) is 0 Å². The summed E-state index contributed by atoms with van der Waals surface area (Å²) in [6.45, 7) is 7.75. The standard InChI is InChI=1S/C24H27FN6O/c1-15-11-16(2)29-24(28-15)31-10-4-5-19(14-31)22-26-13-21(17(3)30-22)23(32)27-12-18-6-8-20(25)9-7-18/h6-9,11,13,19H,4-5,10,12,14H2,1-3H3,(H,27,32). The molecule has 32 heavy (non-hydrogen) atoms. The lowest BCUT2D eigenvalue weighted by atomic mass is 9.97. The number of rotatable bonds is 5. The van der Waals surface area contributed by atoms with E-state index < -0.39 is 0 Å². The number of nitrogens with one attached hydrogen (secondary N) is 1. The van der Waals surface area contributed by atoms with Crippen LogP contribution in [0.3, 0.4) is 0 Å². The second kappa shape index (κ2) is 9.38. The molecule has 2 aromatic heterocycles. The SMILES string of the molecule is Cc1cc(C)nc(N2CCCC(c3ncc(C(=O)NCc4ccc(F)cc4)c(C)n3)C2)n1. The number of hydrogen-bond acceptors (Lipinski definition) is 6. The van der Waals surface area contributed by atoms with Crippen LogP contribution in [-0.2, 0) is 6.54 Å². The highest BCUT2D eigenvalue weighted by molar-refractivity contribution is 5.94. The summed E-state index contributed by atoms with van der Waals surface area (Å²) >= 11 is 0. The van der Waals surface area contributed by atoms with Crippen molar-refractivity contribution < 1.29 is 9.18 Å². The first-order chi connectivity index (χ1) is 15.4. The van der Waals surface area contributed by atoms with Crippen LogP contribution in [0.1, 0.15) is 57.6 Å². The average molecular weight is 435 g/mol. The molecule has 166 valence electrons. The van der Waals surface area contributed by atoms with Crippen LogP contribution in [0.5, 0.6) is 0 Å². The number of amides is 1. The summed E-state index contributed by atoms with van der Waals surface area (Å²) in [7, 11) is 0. The summed E-state index contributed by atoms with van der Waals surface area (Å²) in [5, 5.41) is 2.85. The Morgan fingerprint density at radius 1 is 1.12 bits per heavy atom. The van der Waals surface area contributed by atoms with Crippen LogP contribution in [0, 0.1) is 26.6 Å². The zero-order valence-electron chi connectivity index (χ0n) is 18.6. The van der Waals surface area contributed by atoms with Gasteiger partial charge in [0.25, 0.3) is 5.91 Å². The van der Waals surface area contributed by atoms with Crippen LogP contribution in [0.4, 0.5) is 10.3 Å².